The van der Waals surface area contributed by atoms with Crippen LogP contribution in [0.25, 0.3) is 6.08 Å². The maximum absolute atomic E-state index is 12.8. The fraction of sp³-hybridized carbons (Fsp3) is 0.176. The molecule has 1 aliphatic heterocycles. The van der Waals surface area contributed by atoms with E-state index in [4.69, 9.17) is 17.0 Å². The number of carbonyl (C=O) groups excluding carboxylic acids is 1. The van der Waals surface area contributed by atoms with Crippen LogP contribution in [-0.4, -0.2) is 27.1 Å². The molecule has 1 saturated heterocycles. The molecular weight excluding hydrogens is 344 g/mol. The fourth-order valence-corrected chi connectivity index (χ4v) is 3.79. The van der Waals surface area contributed by atoms with Crippen molar-refractivity contribution in [1.29, 1.82) is 0 Å². The highest BCUT2D eigenvalue weighted by Gasteiger charge is 2.34. The van der Waals surface area contributed by atoms with E-state index < -0.39 is 0 Å². The number of aryl methyl sites for hydroxylation is 2. The Kier molecular flexibility index (Phi) is 4.38. The van der Waals surface area contributed by atoms with E-state index in [1.807, 2.05) is 30.7 Å². The van der Waals surface area contributed by atoms with Gasteiger partial charge in [-0.25, -0.2) is 0 Å². The highest BCUT2D eigenvalue weighted by atomic mass is 32.2. The second-order valence-electron chi connectivity index (χ2n) is 5.35. The third-order valence-electron chi connectivity index (χ3n) is 3.71. The summed E-state index contributed by atoms with van der Waals surface area (Å²) in [6.07, 6.45) is 1.75. The first-order chi connectivity index (χ1) is 11.4. The van der Waals surface area contributed by atoms with Gasteiger partial charge in [0.25, 0.3) is 5.91 Å². The number of rotatable bonds is 3. The molecule has 0 saturated carbocycles. The minimum Gasteiger partial charge on any atom is -0.504 e. The number of phenolic OH excluding ortho intramolecular Hbond substituents is 1. The van der Waals surface area contributed by atoms with Crippen molar-refractivity contribution in [3.63, 3.8) is 0 Å². The lowest BCUT2D eigenvalue weighted by molar-refractivity contribution is -0.114. The Morgan fingerprint density at radius 1 is 1.21 bits per heavy atom. The fourth-order valence-electron chi connectivity index (χ4n) is 2.54. The summed E-state index contributed by atoms with van der Waals surface area (Å²) < 4.78 is 7.40. The van der Waals surface area contributed by atoms with E-state index in [1.165, 1.54) is 29.9 Å². The Labute approximate surface area is 149 Å². The number of benzene rings is 1. The van der Waals surface area contributed by atoms with Crippen LogP contribution in [0.2, 0.25) is 0 Å². The van der Waals surface area contributed by atoms with Gasteiger partial charge in [0.05, 0.1) is 12.0 Å². The van der Waals surface area contributed by atoms with Crippen molar-refractivity contribution >= 4 is 40.3 Å². The van der Waals surface area contributed by atoms with Crippen LogP contribution in [0.1, 0.15) is 17.0 Å². The van der Waals surface area contributed by atoms with Gasteiger partial charge in [-0.05, 0) is 62.0 Å². The SMILES string of the molecule is COc1cc(/C=C2/SC(=S)N(n3c(C)ccc3C)C2=O)ccc1O. The number of amides is 1. The second-order valence-corrected chi connectivity index (χ2v) is 7.03. The lowest BCUT2D eigenvalue weighted by Crippen LogP contribution is -2.39. The Morgan fingerprint density at radius 2 is 1.88 bits per heavy atom. The molecule has 0 atom stereocenters. The normalized spacial score (nSPS) is 16.3. The average Bonchev–Trinajstić information content (AvgIpc) is 3.01. The summed E-state index contributed by atoms with van der Waals surface area (Å²) in [5.41, 5.74) is 2.64. The van der Waals surface area contributed by atoms with Crippen molar-refractivity contribution in [2.24, 2.45) is 0 Å². The number of hydrogen-bond acceptors (Lipinski definition) is 5. The van der Waals surface area contributed by atoms with Gasteiger partial charge in [0.1, 0.15) is 0 Å². The first-order valence-electron chi connectivity index (χ1n) is 7.22. The molecular formula is C17H16N2O3S2. The number of thioether (sulfide) groups is 1. The van der Waals surface area contributed by atoms with Crippen LogP contribution in [0.5, 0.6) is 11.5 Å². The van der Waals surface area contributed by atoms with Crippen LogP contribution in [0.3, 0.4) is 0 Å². The molecule has 5 nitrogen and oxygen atoms in total. The van der Waals surface area contributed by atoms with Gasteiger partial charge in [-0.3, -0.25) is 9.47 Å². The van der Waals surface area contributed by atoms with Crippen LogP contribution in [0.4, 0.5) is 0 Å². The number of ether oxygens (including phenoxy) is 1. The molecule has 1 N–H and O–H groups in total. The number of phenols is 1. The molecule has 0 spiro atoms. The molecule has 1 aromatic carbocycles. The summed E-state index contributed by atoms with van der Waals surface area (Å²) in [4.78, 5) is 13.3. The van der Waals surface area contributed by atoms with Crippen molar-refractivity contribution in [2.45, 2.75) is 13.8 Å². The van der Waals surface area contributed by atoms with E-state index in [0.717, 1.165) is 17.0 Å². The van der Waals surface area contributed by atoms with Crippen molar-refractivity contribution in [3.05, 3.63) is 52.2 Å². The van der Waals surface area contributed by atoms with E-state index in [9.17, 15) is 9.90 Å². The predicted octanol–water partition coefficient (Wildman–Crippen LogP) is 3.36. The van der Waals surface area contributed by atoms with E-state index in [0.29, 0.717) is 15.0 Å². The van der Waals surface area contributed by atoms with Gasteiger partial charge in [0, 0.05) is 11.4 Å². The van der Waals surface area contributed by atoms with Crippen LogP contribution in [0.15, 0.2) is 35.2 Å². The molecule has 0 bridgehead atoms. The first kappa shape index (κ1) is 16.6. The van der Waals surface area contributed by atoms with E-state index in [2.05, 4.69) is 0 Å². The van der Waals surface area contributed by atoms with Crippen LogP contribution in [-0.2, 0) is 4.79 Å². The Hall–Kier alpha value is -2.25. The molecule has 124 valence electrons. The monoisotopic (exact) mass is 360 g/mol. The van der Waals surface area contributed by atoms with Gasteiger partial charge in [0.15, 0.2) is 15.8 Å². The van der Waals surface area contributed by atoms with Gasteiger partial charge >= 0.3 is 0 Å². The van der Waals surface area contributed by atoms with Crippen LogP contribution < -0.4 is 9.75 Å². The third kappa shape index (κ3) is 2.81. The number of nitrogens with zero attached hydrogens (tertiary/aromatic N) is 2. The lowest BCUT2D eigenvalue weighted by Gasteiger charge is -2.20. The molecule has 0 aliphatic carbocycles. The highest BCUT2D eigenvalue weighted by Crippen LogP contribution is 2.34. The van der Waals surface area contributed by atoms with Gasteiger partial charge in [0.2, 0.25) is 0 Å². The van der Waals surface area contributed by atoms with Crippen LogP contribution in [0, 0.1) is 13.8 Å². The zero-order valence-electron chi connectivity index (χ0n) is 13.4. The second kappa shape index (κ2) is 6.33. The van der Waals surface area contributed by atoms with E-state index in [1.54, 1.807) is 18.2 Å². The molecule has 0 unspecified atom stereocenters. The molecule has 2 aromatic rings. The number of aromatic hydroxyl groups is 1. The summed E-state index contributed by atoms with van der Waals surface area (Å²) in [5, 5.41) is 11.2. The first-order valence-corrected chi connectivity index (χ1v) is 8.45. The summed E-state index contributed by atoms with van der Waals surface area (Å²) in [6, 6.07) is 8.82. The zero-order valence-corrected chi connectivity index (χ0v) is 15.1. The topological polar surface area (TPSA) is 54.7 Å². The van der Waals surface area contributed by atoms with Crippen molar-refractivity contribution < 1.29 is 14.6 Å². The molecule has 0 radical (unpaired) electrons. The Morgan fingerprint density at radius 3 is 2.50 bits per heavy atom. The Balaban J connectivity index is 1.97. The largest absolute Gasteiger partial charge is 0.504 e. The number of methoxy groups -OCH3 is 1. The van der Waals surface area contributed by atoms with Gasteiger partial charge in [-0.15, -0.1) is 0 Å². The minimum atomic E-state index is -0.167. The highest BCUT2D eigenvalue weighted by molar-refractivity contribution is 8.27. The van der Waals surface area contributed by atoms with Gasteiger partial charge in [-0.1, -0.05) is 17.8 Å². The molecule has 2 heterocycles. The number of hydrogen-bond donors (Lipinski definition) is 1. The van der Waals surface area contributed by atoms with Crippen molar-refractivity contribution in [2.75, 3.05) is 12.1 Å². The number of thiocarbonyl (C=S) groups is 1. The lowest BCUT2D eigenvalue weighted by atomic mass is 10.2. The standard InChI is InChI=1S/C17H16N2O3S2/c1-10-4-5-11(2)18(10)19-16(21)15(24-17(19)23)9-12-6-7-13(20)14(8-12)22-3/h4-9,20H,1-3H3/b15-9+. The summed E-state index contributed by atoms with van der Waals surface area (Å²) in [5.74, 6) is 0.247. The van der Waals surface area contributed by atoms with Gasteiger partial charge < -0.3 is 9.84 Å². The molecule has 1 aliphatic rings. The summed E-state index contributed by atoms with van der Waals surface area (Å²) >= 11 is 6.64. The maximum atomic E-state index is 12.8. The van der Waals surface area contributed by atoms with E-state index in [-0.39, 0.29) is 11.7 Å². The molecule has 1 fully saturated rings. The maximum Gasteiger partial charge on any atom is 0.285 e. The molecule has 3 rings (SSSR count). The van der Waals surface area contributed by atoms with Crippen molar-refractivity contribution in [1.82, 2.24) is 4.68 Å². The van der Waals surface area contributed by atoms with Crippen LogP contribution >= 0.6 is 24.0 Å². The summed E-state index contributed by atoms with van der Waals surface area (Å²) in [7, 11) is 1.48. The van der Waals surface area contributed by atoms with Crippen molar-refractivity contribution in [3.8, 4) is 11.5 Å². The quantitative estimate of drug-likeness (QED) is 0.672. The number of carbonyl (C=O) groups is 1. The molecule has 1 amide bonds. The molecule has 24 heavy (non-hydrogen) atoms. The Bertz CT molecular complexity index is 851. The zero-order chi connectivity index (χ0) is 17.4. The minimum absolute atomic E-state index is 0.0563. The summed E-state index contributed by atoms with van der Waals surface area (Å²) in [6.45, 7) is 3.86. The van der Waals surface area contributed by atoms with Gasteiger partial charge in [-0.2, -0.15) is 5.01 Å². The van der Waals surface area contributed by atoms with E-state index >= 15 is 0 Å². The molecule has 1 aromatic heterocycles. The average molecular weight is 360 g/mol. The smallest absolute Gasteiger partial charge is 0.285 e. The third-order valence-corrected chi connectivity index (χ3v) is 4.99. The predicted molar refractivity (Wildman–Crippen MR) is 100.0 cm³/mol. The molecule has 7 heteroatoms. The number of aromatic nitrogens is 1.